The first-order valence-electron chi connectivity index (χ1n) is 4.27. The Bertz CT molecular complexity index is 223. The third-order valence-electron chi connectivity index (χ3n) is 1.62. The third kappa shape index (κ3) is 5.37. The third-order valence-corrected chi connectivity index (χ3v) is 1.95. The molecule has 0 saturated heterocycles. The smallest absolute Gasteiger partial charge is 0.525 e. The van der Waals surface area contributed by atoms with Crippen molar-refractivity contribution in [3.8, 4) is 5.75 Å². The van der Waals surface area contributed by atoms with Crippen molar-refractivity contribution in [1.29, 1.82) is 0 Å². The van der Waals surface area contributed by atoms with E-state index in [1.165, 1.54) is 6.42 Å². The normalized spacial score (nSPS) is 9.08. The molecular formula is C10H14LiOP. The molecular weight excluding hydrogens is 174 g/mol. The van der Waals surface area contributed by atoms with E-state index >= 15 is 0 Å². The van der Waals surface area contributed by atoms with E-state index in [4.69, 9.17) is 4.74 Å². The van der Waals surface area contributed by atoms with Gasteiger partial charge in [-0.05, 0) is 18.6 Å². The summed E-state index contributed by atoms with van der Waals surface area (Å²) in [5.41, 5.74) is 0. The van der Waals surface area contributed by atoms with Gasteiger partial charge in [0.15, 0.2) is 0 Å². The minimum Gasteiger partial charge on any atom is -0.525 e. The maximum Gasteiger partial charge on any atom is 1.00 e. The minimum atomic E-state index is 0. The van der Waals surface area contributed by atoms with Crippen molar-refractivity contribution in [3.63, 3.8) is 0 Å². The number of hydrogen-bond donors (Lipinski definition) is 0. The van der Waals surface area contributed by atoms with Crippen molar-refractivity contribution in [1.82, 2.24) is 0 Å². The van der Waals surface area contributed by atoms with Crippen molar-refractivity contribution in [3.05, 3.63) is 24.3 Å². The molecule has 1 rings (SSSR count). The van der Waals surface area contributed by atoms with Crippen LogP contribution in [0.15, 0.2) is 24.3 Å². The molecule has 0 bridgehead atoms. The standard InChI is InChI=1S/C10H14OP.Li/c1-2-3-8-11-9-4-6-10(12)7-5-9;/h4-7,12H,2-3,8H2,1H3;/q-1;+1. The van der Waals surface area contributed by atoms with Crippen molar-refractivity contribution in [2.45, 2.75) is 19.8 Å². The molecule has 0 fully saturated rings. The maximum atomic E-state index is 5.48. The molecule has 0 aliphatic heterocycles. The fraction of sp³-hybridized carbons (Fsp3) is 0.400. The first-order valence-corrected chi connectivity index (χ1v) is 4.77. The van der Waals surface area contributed by atoms with Crippen LogP contribution in [-0.4, -0.2) is 6.61 Å². The number of hydrogen-bond acceptors (Lipinski definition) is 1. The fourth-order valence-corrected chi connectivity index (χ4v) is 1.05. The first-order chi connectivity index (χ1) is 5.83. The summed E-state index contributed by atoms with van der Waals surface area (Å²) in [6.07, 6.45) is 2.30. The summed E-state index contributed by atoms with van der Waals surface area (Å²) in [6, 6.07) is 7.91. The van der Waals surface area contributed by atoms with Crippen LogP contribution in [0.4, 0.5) is 0 Å². The van der Waals surface area contributed by atoms with Gasteiger partial charge in [-0.2, -0.15) is 0 Å². The average Bonchev–Trinajstić information content (AvgIpc) is 2.09. The topological polar surface area (TPSA) is 9.23 Å². The van der Waals surface area contributed by atoms with Gasteiger partial charge in [0.25, 0.3) is 0 Å². The van der Waals surface area contributed by atoms with Gasteiger partial charge in [0, 0.05) is 0 Å². The molecule has 0 amide bonds. The van der Waals surface area contributed by atoms with Crippen LogP contribution in [0, 0.1) is 0 Å². The van der Waals surface area contributed by atoms with Gasteiger partial charge in [0.05, 0.1) is 6.61 Å². The minimum absolute atomic E-state index is 0. The van der Waals surface area contributed by atoms with E-state index < -0.39 is 0 Å². The first kappa shape index (κ1) is 13.0. The molecule has 0 spiro atoms. The van der Waals surface area contributed by atoms with Crippen molar-refractivity contribution >= 4 is 14.5 Å². The Kier molecular flexibility index (Phi) is 7.48. The molecule has 66 valence electrons. The molecule has 0 aliphatic rings. The van der Waals surface area contributed by atoms with Crippen molar-refractivity contribution in [2.24, 2.45) is 0 Å². The maximum absolute atomic E-state index is 5.48. The molecule has 13 heavy (non-hydrogen) atoms. The second-order valence-corrected chi connectivity index (χ2v) is 3.30. The second kappa shape index (κ2) is 7.45. The molecule has 0 aliphatic carbocycles. The molecule has 1 aromatic rings. The van der Waals surface area contributed by atoms with Crippen LogP contribution in [-0.2, 0) is 0 Å². The predicted octanol–water partition coefficient (Wildman–Crippen LogP) is -0.362. The quantitative estimate of drug-likeness (QED) is 0.356. The van der Waals surface area contributed by atoms with Gasteiger partial charge in [0.2, 0.25) is 0 Å². The van der Waals surface area contributed by atoms with E-state index in [0.29, 0.717) is 0 Å². The summed E-state index contributed by atoms with van der Waals surface area (Å²) >= 11 is 0. The van der Waals surface area contributed by atoms with E-state index in [9.17, 15) is 0 Å². The molecule has 0 N–H and O–H groups in total. The number of ether oxygens (including phenoxy) is 1. The molecule has 0 saturated carbocycles. The van der Waals surface area contributed by atoms with Gasteiger partial charge in [0.1, 0.15) is 5.75 Å². The van der Waals surface area contributed by atoms with Crippen LogP contribution in [0.5, 0.6) is 5.75 Å². The zero-order valence-electron chi connectivity index (χ0n) is 8.34. The van der Waals surface area contributed by atoms with Crippen LogP contribution < -0.4 is 28.9 Å². The van der Waals surface area contributed by atoms with Gasteiger partial charge in [-0.1, -0.05) is 25.5 Å². The van der Waals surface area contributed by atoms with Crippen LogP contribution in [0.3, 0.4) is 0 Å². The predicted molar refractivity (Wildman–Crippen MR) is 54.8 cm³/mol. The number of unbranched alkanes of at least 4 members (excludes halogenated alkanes) is 1. The molecule has 3 heteroatoms. The Balaban J connectivity index is 0.00000144. The fourth-order valence-electron chi connectivity index (χ4n) is 0.886. The van der Waals surface area contributed by atoms with Gasteiger partial charge < -0.3 is 14.0 Å². The van der Waals surface area contributed by atoms with E-state index in [2.05, 4.69) is 16.2 Å². The SMILES string of the molecule is CCCCOc1ccc([PH-])cc1.[Li+]. The van der Waals surface area contributed by atoms with E-state index in [0.717, 1.165) is 24.1 Å². The van der Waals surface area contributed by atoms with E-state index in [1.54, 1.807) is 0 Å². The van der Waals surface area contributed by atoms with Crippen LogP contribution >= 0.6 is 9.24 Å². The summed E-state index contributed by atoms with van der Waals surface area (Å²) in [4.78, 5) is 0. The number of benzene rings is 1. The summed E-state index contributed by atoms with van der Waals surface area (Å²) in [6.45, 7) is 2.97. The van der Waals surface area contributed by atoms with Gasteiger partial charge >= 0.3 is 18.9 Å². The Hall–Kier alpha value is 0.0474. The molecule has 0 aromatic heterocycles. The largest absolute Gasteiger partial charge is 1.00 e. The molecule has 0 unspecified atom stereocenters. The summed E-state index contributed by atoms with van der Waals surface area (Å²) < 4.78 is 5.48. The molecule has 0 radical (unpaired) electrons. The van der Waals surface area contributed by atoms with Crippen molar-refractivity contribution in [2.75, 3.05) is 6.61 Å². The second-order valence-electron chi connectivity index (χ2n) is 2.73. The van der Waals surface area contributed by atoms with Crippen LogP contribution in [0.1, 0.15) is 19.8 Å². The van der Waals surface area contributed by atoms with Crippen LogP contribution in [0.2, 0.25) is 0 Å². The van der Waals surface area contributed by atoms with Gasteiger partial charge in [-0.25, -0.2) is 5.30 Å². The molecule has 0 heterocycles. The summed E-state index contributed by atoms with van der Waals surface area (Å²) in [5, 5.41) is 1.08. The average molecular weight is 188 g/mol. The Labute approximate surface area is 94.6 Å². The van der Waals surface area contributed by atoms with E-state index in [-0.39, 0.29) is 18.9 Å². The van der Waals surface area contributed by atoms with Crippen LogP contribution in [0.25, 0.3) is 0 Å². The Morgan fingerprint density at radius 2 is 1.85 bits per heavy atom. The summed E-state index contributed by atoms with van der Waals surface area (Å²) in [5.74, 6) is 0.949. The summed E-state index contributed by atoms with van der Waals surface area (Å²) in [7, 11) is 3.42. The number of rotatable bonds is 4. The molecule has 0 atom stereocenters. The Morgan fingerprint density at radius 1 is 1.23 bits per heavy atom. The molecule has 1 aromatic carbocycles. The van der Waals surface area contributed by atoms with Crippen molar-refractivity contribution < 1.29 is 23.6 Å². The Morgan fingerprint density at radius 3 is 2.38 bits per heavy atom. The zero-order valence-corrected chi connectivity index (χ0v) is 9.34. The van der Waals surface area contributed by atoms with E-state index in [1.807, 2.05) is 24.3 Å². The zero-order chi connectivity index (χ0) is 8.81. The molecule has 1 nitrogen and oxygen atoms in total. The monoisotopic (exact) mass is 188 g/mol. The van der Waals surface area contributed by atoms with Gasteiger partial charge in [-0.15, -0.1) is 0 Å². The van der Waals surface area contributed by atoms with Gasteiger partial charge in [-0.3, -0.25) is 0 Å².